The van der Waals surface area contributed by atoms with Crippen LogP contribution in [0.2, 0.25) is 0 Å². The van der Waals surface area contributed by atoms with Crippen LogP contribution >= 0.6 is 11.3 Å². The molecule has 3 aromatic rings. The number of hydrogen-bond donors (Lipinski definition) is 2. The van der Waals surface area contributed by atoms with Crippen LogP contribution in [-0.2, 0) is 4.74 Å². The maximum absolute atomic E-state index is 12.6. The number of halogens is 2. The van der Waals surface area contributed by atoms with E-state index in [-0.39, 0.29) is 16.4 Å². The monoisotopic (exact) mass is 461 g/mol. The van der Waals surface area contributed by atoms with Gasteiger partial charge in [-0.15, -0.1) is 11.3 Å². The maximum Gasteiger partial charge on any atom is 0.412 e. The predicted octanol–water partition coefficient (Wildman–Crippen LogP) is 6.01. The van der Waals surface area contributed by atoms with Gasteiger partial charge in [0.2, 0.25) is 0 Å². The van der Waals surface area contributed by atoms with Gasteiger partial charge in [-0.2, -0.15) is 8.78 Å². The number of anilines is 2. The van der Waals surface area contributed by atoms with Crippen molar-refractivity contribution in [2.45, 2.75) is 33.0 Å². The first-order valence-corrected chi connectivity index (χ1v) is 10.4. The Hall–Kier alpha value is -3.53. The molecule has 168 valence electrons. The number of hydrogen-bond acceptors (Lipinski definition) is 6. The predicted molar refractivity (Wildman–Crippen MR) is 118 cm³/mol. The van der Waals surface area contributed by atoms with Crippen molar-refractivity contribution in [3.63, 3.8) is 0 Å². The number of aromatic nitrogens is 1. The summed E-state index contributed by atoms with van der Waals surface area (Å²) in [5.41, 5.74) is 0.803. The third-order valence-electron chi connectivity index (χ3n) is 3.87. The average Bonchev–Trinajstić information content (AvgIpc) is 3.15. The Morgan fingerprint density at radius 1 is 1.06 bits per heavy atom. The summed E-state index contributed by atoms with van der Waals surface area (Å²) in [5, 5.41) is 7.15. The van der Waals surface area contributed by atoms with Crippen LogP contribution in [0.1, 0.15) is 31.1 Å². The molecule has 0 aliphatic rings. The summed E-state index contributed by atoms with van der Waals surface area (Å²) in [5.74, 6) is -0.456. The van der Waals surface area contributed by atoms with Crippen molar-refractivity contribution in [2.24, 2.45) is 0 Å². The molecule has 0 aliphatic heterocycles. The third kappa shape index (κ3) is 6.48. The fourth-order valence-electron chi connectivity index (χ4n) is 2.66. The zero-order chi connectivity index (χ0) is 23.3. The van der Waals surface area contributed by atoms with Crippen LogP contribution in [0.5, 0.6) is 5.75 Å². The summed E-state index contributed by atoms with van der Waals surface area (Å²) >= 11 is 1.14. The van der Waals surface area contributed by atoms with Crippen molar-refractivity contribution in [1.29, 1.82) is 0 Å². The maximum atomic E-state index is 12.6. The molecule has 0 bridgehead atoms. The Balaban J connectivity index is 1.70. The van der Waals surface area contributed by atoms with Crippen molar-refractivity contribution in [2.75, 3.05) is 10.6 Å². The summed E-state index contributed by atoms with van der Waals surface area (Å²) < 4.78 is 35.0. The van der Waals surface area contributed by atoms with Crippen LogP contribution in [-0.4, -0.2) is 29.2 Å². The Morgan fingerprint density at radius 2 is 1.81 bits per heavy atom. The summed E-state index contributed by atoms with van der Waals surface area (Å²) in [6.07, 6.45) is -0.635. The standard InChI is InChI=1S/C22H21F2N3O4S/c1-22(2,3)31-21(29)25-14-8-6-7-13(11-14)18(28)27-20-26-16(12-32-20)15-9-4-5-10-17(15)30-19(23)24/h4-12,19H,1-3H3,(H,25,29)(H,26,27,28). The van der Waals surface area contributed by atoms with E-state index < -0.39 is 24.2 Å². The minimum atomic E-state index is -2.96. The number of amides is 2. The highest BCUT2D eigenvalue weighted by molar-refractivity contribution is 7.14. The minimum Gasteiger partial charge on any atom is -0.444 e. The molecule has 3 rings (SSSR count). The van der Waals surface area contributed by atoms with Gasteiger partial charge in [0.25, 0.3) is 5.91 Å². The number of carbonyl (C=O) groups is 2. The van der Waals surface area contributed by atoms with Crippen molar-refractivity contribution in [3.8, 4) is 17.0 Å². The van der Waals surface area contributed by atoms with Crippen LogP contribution in [0.15, 0.2) is 53.9 Å². The van der Waals surface area contributed by atoms with E-state index in [1.54, 1.807) is 62.5 Å². The van der Waals surface area contributed by atoms with Crippen LogP contribution in [0.3, 0.4) is 0 Å². The van der Waals surface area contributed by atoms with Gasteiger partial charge >= 0.3 is 12.7 Å². The molecular weight excluding hydrogens is 440 g/mol. The number of alkyl halides is 2. The smallest absolute Gasteiger partial charge is 0.412 e. The van der Waals surface area contributed by atoms with Gasteiger partial charge in [0.1, 0.15) is 11.4 Å². The van der Waals surface area contributed by atoms with Gasteiger partial charge in [0.15, 0.2) is 5.13 Å². The van der Waals surface area contributed by atoms with Crippen LogP contribution in [0.4, 0.5) is 24.4 Å². The first-order valence-electron chi connectivity index (χ1n) is 9.52. The van der Waals surface area contributed by atoms with Crippen molar-refractivity contribution in [3.05, 3.63) is 59.5 Å². The average molecular weight is 461 g/mol. The highest BCUT2D eigenvalue weighted by atomic mass is 32.1. The van der Waals surface area contributed by atoms with Gasteiger partial charge in [-0.1, -0.05) is 18.2 Å². The van der Waals surface area contributed by atoms with Gasteiger partial charge in [-0.25, -0.2) is 9.78 Å². The van der Waals surface area contributed by atoms with Crippen molar-refractivity contribution < 1.29 is 27.8 Å². The molecule has 0 saturated heterocycles. The number of para-hydroxylation sites is 1. The largest absolute Gasteiger partial charge is 0.444 e. The first-order chi connectivity index (χ1) is 15.1. The van der Waals surface area contributed by atoms with Crippen molar-refractivity contribution in [1.82, 2.24) is 4.98 Å². The summed E-state index contributed by atoms with van der Waals surface area (Å²) in [6, 6.07) is 12.6. The van der Waals surface area contributed by atoms with E-state index >= 15 is 0 Å². The Morgan fingerprint density at radius 3 is 2.53 bits per heavy atom. The Labute approximate surface area is 187 Å². The molecule has 10 heteroatoms. The zero-order valence-corrected chi connectivity index (χ0v) is 18.3. The minimum absolute atomic E-state index is 0.00778. The van der Waals surface area contributed by atoms with E-state index in [1.807, 2.05) is 0 Å². The third-order valence-corrected chi connectivity index (χ3v) is 4.63. The molecule has 2 N–H and O–H groups in total. The van der Waals surface area contributed by atoms with Gasteiger partial charge in [0.05, 0.1) is 5.69 Å². The van der Waals surface area contributed by atoms with E-state index in [0.717, 1.165) is 11.3 Å². The fourth-order valence-corrected chi connectivity index (χ4v) is 3.37. The second kappa shape index (κ2) is 9.73. The Kier molecular flexibility index (Phi) is 7.04. The lowest BCUT2D eigenvalue weighted by Crippen LogP contribution is -2.27. The summed E-state index contributed by atoms with van der Waals surface area (Å²) in [4.78, 5) is 28.9. The molecule has 0 unspecified atom stereocenters. The molecule has 2 amide bonds. The zero-order valence-electron chi connectivity index (χ0n) is 17.5. The van der Waals surface area contributed by atoms with E-state index in [1.165, 1.54) is 12.1 Å². The topological polar surface area (TPSA) is 89.5 Å². The first kappa shape index (κ1) is 23.1. The molecule has 0 radical (unpaired) electrons. The van der Waals surface area contributed by atoms with E-state index in [9.17, 15) is 18.4 Å². The summed E-state index contributed by atoms with van der Waals surface area (Å²) in [7, 11) is 0. The Bertz CT molecular complexity index is 1110. The number of nitrogens with zero attached hydrogens (tertiary/aromatic N) is 1. The quantitative estimate of drug-likeness (QED) is 0.469. The number of rotatable bonds is 6. The lowest BCUT2D eigenvalue weighted by Gasteiger charge is -2.19. The number of carbonyl (C=O) groups excluding carboxylic acids is 2. The van der Waals surface area contributed by atoms with E-state index in [2.05, 4.69) is 20.4 Å². The molecule has 0 fully saturated rings. The molecule has 32 heavy (non-hydrogen) atoms. The van der Waals surface area contributed by atoms with Crippen LogP contribution in [0, 0.1) is 0 Å². The van der Waals surface area contributed by atoms with Gasteiger partial charge in [-0.3, -0.25) is 15.4 Å². The highest BCUT2D eigenvalue weighted by Gasteiger charge is 2.18. The summed E-state index contributed by atoms with van der Waals surface area (Å²) in [6.45, 7) is 2.28. The lowest BCUT2D eigenvalue weighted by molar-refractivity contribution is -0.0494. The molecule has 1 aromatic heterocycles. The highest BCUT2D eigenvalue weighted by Crippen LogP contribution is 2.33. The van der Waals surface area contributed by atoms with Gasteiger partial charge in [0, 0.05) is 22.2 Å². The number of nitrogens with one attached hydrogen (secondary N) is 2. The molecule has 0 spiro atoms. The number of thiazole rings is 1. The molecule has 0 atom stereocenters. The normalized spacial score (nSPS) is 11.2. The lowest BCUT2D eigenvalue weighted by atomic mass is 10.1. The second-order valence-electron chi connectivity index (χ2n) is 7.57. The van der Waals surface area contributed by atoms with Crippen molar-refractivity contribution >= 4 is 34.2 Å². The molecule has 2 aromatic carbocycles. The number of benzene rings is 2. The van der Waals surface area contributed by atoms with Gasteiger partial charge in [-0.05, 0) is 51.1 Å². The van der Waals surface area contributed by atoms with E-state index in [4.69, 9.17) is 4.74 Å². The number of ether oxygens (including phenoxy) is 2. The molecular formula is C22H21F2N3O4S. The van der Waals surface area contributed by atoms with Crippen LogP contribution in [0.25, 0.3) is 11.3 Å². The van der Waals surface area contributed by atoms with Gasteiger partial charge < -0.3 is 9.47 Å². The molecule has 0 saturated carbocycles. The molecule has 0 aliphatic carbocycles. The van der Waals surface area contributed by atoms with Crippen LogP contribution < -0.4 is 15.4 Å². The fraction of sp³-hybridized carbons (Fsp3) is 0.227. The van der Waals surface area contributed by atoms with E-state index in [0.29, 0.717) is 16.9 Å². The second-order valence-corrected chi connectivity index (χ2v) is 8.43. The molecule has 1 heterocycles. The molecule has 7 nitrogen and oxygen atoms in total. The SMILES string of the molecule is CC(C)(C)OC(=O)Nc1cccc(C(=O)Nc2nc(-c3ccccc3OC(F)F)cs2)c1.